The molecule has 3 heteroatoms. The van der Waals surface area contributed by atoms with E-state index in [0.29, 0.717) is 5.41 Å². The van der Waals surface area contributed by atoms with Gasteiger partial charge in [-0.25, -0.2) is 0 Å². The molecule has 0 aromatic heterocycles. The van der Waals surface area contributed by atoms with Crippen LogP contribution < -0.4 is 0 Å². The minimum Gasteiger partial charge on any atom is -0.403 e. The van der Waals surface area contributed by atoms with Crippen molar-refractivity contribution in [2.45, 2.75) is 82.7 Å². The molecule has 0 radical (unpaired) electrons. The van der Waals surface area contributed by atoms with E-state index in [-0.39, 0.29) is 23.6 Å². The Bertz CT molecular complexity index is 611. The van der Waals surface area contributed by atoms with Gasteiger partial charge in [0.15, 0.2) is 0 Å². The van der Waals surface area contributed by atoms with Crippen LogP contribution in [0, 0.1) is 13.8 Å². The summed E-state index contributed by atoms with van der Waals surface area (Å²) in [7, 11) is -0.0230. The zero-order valence-corrected chi connectivity index (χ0v) is 14.7. The van der Waals surface area contributed by atoms with Gasteiger partial charge in [0, 0.05) is 5.31 Å². The highest BCUT2D eigenvalue weighted by Gasteiger charge is 2.76. The van der Waals surface area contributed by atoms with E-state index in [2.05, 4.69) is 59.7 Å². The molecule has 5 rings (SSSR count). The summed E-state index contributed by atoms with van der Waals surface area (Å²) in [5, 5.41) is 0.266. The first-order valence-electron chi connectivity index (χ1n) is 8.53. The Hall–Kier alpha value is -0.795. The molecule has 4 aliphatic rings. The molecule has 0 spiro atoms. The quantitative estimate of drug-likeness (QED) is 0.745. The summed E-state index contributed by atoms with van der Waals surface area (Å²) >= 11 is 0. The molecule has 1 aromatic rings. The first-order chi connectivity index (χ1) is 10.1. The summed E-state index contributed by atoms with van der Waals surface area (Å²) in [6.45, 7) is 13.0. The second kappa shape index (κ2) is 3.99. The lowest BCUT2D eigenvalue weighted by Gasteiger charge is -2.71. The van der Waals surface area contributed by atoms with Crippen molar-refractivity contribution in [1.29, 1.82) is 0 Å². The van der Waals surface area contributed by atoms with E-state index in [1.165, 1.54) is 30.4 Å². The third kappa shape index (κ3) is 1.70. The van der Waals surface area contributed by atoms with Gasteiger partial charge in [-0.2, -0.15) is 0 Å². The average Bonchev–Trinajstić information content (AvgIpc) is 2.47. The Labute approximate surface area is 134 Å². The maximum atomic E-state index is 6.32. The molecule has 0 N–H and O–H groups in total. The third-order valence-electron chi connectivity index (χ3n) is 6.78. The van der Waals surface area contributed by atoms with Crippen LogP contribution in [0.25, 0.3) is 0 Å². The van der Waals surface area contributed by atoms with Crippen molar-refractivity contribution in [1.82, 2.24) is 0 Å². The van der Waals surface area contributed by atoms with Gasteiger partial charge in [-0.1, -0.05) is 23.8 Å². The Balaban J connectivity index is 1.53. The normalized spacial score (nSPS) is 37.6. The lowest BCUT2D eigenvalue weighted by atomic mass is 9.23. The molecule has 2 nitrogen and oxygen atoms in total. The largest absolute Gasteiger partial charge is 0.464 e. The summed E-state index contributed by atoms with van der Waals surface area (Å²) in [5.74, 6) is 0. The lowest BCUT2D eigenvalue weighted by Crippen LogP contribution is -2.66. The fourth-order valence-corrected chi connectivity index (χ4v) is 4.90. The van der Waals surface area contributed by atoms with Crippen molar-refractivity contribution in [3.63, 3.8) is 0 Å². The van der Waals surface area contributed by atoms with Gasteiger partial charge in [-0.15, -0.1) is 0 Å². The van der Waals surface area contributed by atoms with Crippen molar-refractivity contribution in [3.05, 3.63) is 34.9 Å². The molecule has 22 heavy (non-hydrogen) atoms. The molecule has 0 atom stereocenters. The van der Waals surface area contributed by atoms with E-state index in [1.54, 1.807) is 5.56 Å². The van der Waals surface area contributed by atoms with Crippen molar-refractivity contribution in [2.75, 3.05) is 0 Å². The molecule has 1 saturated heterocycles. The van der Waals surface area contributed by atoms with Crippen LogP contribution in [0.15, 0.2) is 18.2 Å². The first kappa shape index (κ1) is 14.8. The van der Waals surface area contributed by atoms with Crippen LogP contribution in [0.4, 0.5) is 0 Å². The third-order valence-corrected chi connectivity index (χ3v) is 6.78. The predicted molar refractivity (Wildman–Crippen MR) is 90.2 cm³/mol. The number of rotatable bonds is 2. The summed E-state index contributed by atoms with van der Waals surface area (Å²) in [5.41, 5.74) is 4.34. The van der Waals surface area contributed by atoms with Crippen molar-refractivity contribution in [3.8, 4) is 0 Å². The molecule has 1 aliphatic heterocycles. The van der Waals surface area contributed by atoms with Crippen LogP contribution in [0.1, 0.15) is 63.6 Å². The monoisotopic (exact) mass is 298 g/mol. The van der Waals surface area contributed by atoms with Crippen LogP contribution in [0.2, 0.25) is 5.31 Å². The molecule has 1 heterocycles. The standard InChI is InChI=1S/C19H27BO2/c1-13-7-8-15(14(2)9-13)18-10-19(11-18,12-18)20-21-16(3,4)17(5,6)22-20/h7-9H,10-12H2,1-6H3. The number of aryl methyl sites for hydroxylation is 2. The van der Waals surface area contributed by atoms with Gasteiger partial charge in [-0.3, -0.25) is 0 Å². The second-order valence-corrected chi connectivity index (χ2v) is 9.08. The smallest absolute Gasteiger partial charge is 0.403 e. The van der Waals surface area contributed by atoms with Gasteiger partial charge in [-0.05, 0) is 77.3 Å². The molecule has 2 bridgehead atoms. The van der Waals surface area contributed by atoms with Crippen LogP contribution in [-0.4, -0.2) is 18.3 Å². The van der Waals surface area contributed by atoms with Crippen LogP contribution in [-0.2, 0) is 14.7 Å². The SMILES string of the molecule is Cc1ccc(C23CC(B4OC(C)(C)C(C)(C)O4)(C2)C3)c(C)c1. The molecule has 118 valence electrons. The van der Waals surface area contributed by atoms with Crippen LogP contribution in [0.5, 0.6) is 0 Å². The molecular weight excluding hydrogens is 271 g/mol. The predicted octanol–water partition coefficient (Wildman–Crippen LogP) is 4.57. The summed E-state index contributed by atoms with van der Waals surface area (Å²) in [6.07, 6.45) is 3.67. The van der Waals surface area contributed by atoms with Gasteiger partial charge in [0.05, 0.1) is 11.2 Å². The van der Waals surface area contributed by atoms with E-state index in [9.17, 15) is 0 Å². The van der Waals surface area contributed by atoms with E-state index in [0.717, 1.165) is 0 Å². The molecule has 0 unspecified atom stereocenters. The summed E-state index contributed by atoms with van der Waals surface area (Å²) in [4.78, 5) is 0. The molecule has 3 aliphatic carbocycles. The fraction of sp³-hybridized carbons (Fsp3) is 0.684. The maximum Gasteiger partial charge on any atom is 0.464 e. The number of benzene rings is 1. The van der Waals surface area contributed by atoms with Crippen molar-refractivity contribution < 1.29 is 9.31 Å². The zero-order chi connectivity index (χ0) is 16.0. The van der Waals surface area contributed by atoms with E-state index in [4.69, 9.17) is 9.31 Å². The molecular formula is C19H27BO2. The Morgan fingerprint density at radius 2 is 1.45 bits per heavy atom. The Morgan fingerprint density at radius 3 is 1.95 bits per heavy atom. The van der Waals surface area contributed by atoms with E-state index in [1.807, 2.05) is 0 Å². The van der Waals surface area contributed by atoms with Gasteiger partial charge in [0.1, 0.15) is 0 Å². The maximum absolute atomic E-state index is 6.32. The first-order valence-corrected chi connectivity index (χ1v) is 8.53. The highest BCUT2D eigenvalue weighted by Crippen LogP contribution is 2.81. The summed E-state index contributed by atoms with van der Waals surface area (Å²) < 4.78 is 12.6. The van der Waals surface area contributed by atoms with Gasteiger partial charge < -0.3 is 9.31 Å². The molecule has 3 saturated carbocycles. The van der Waals surface area contributed by atoms with Crippen LogP contribution in [0.3, 0.4) is 0 Å². The minimum absolute atomic E-state index is 0.0230. The highest BCUT2D eigenvalue weighted by molar-refractivity contribution is 6.51. The lowest BCUT2D eigenvalue weighted by molar-refractivity contribution is -0.0387. The van der Waals surface area contributed by atoms with Crippen LogP contribution >= 0.6 is 0 Å². The minimum atomic E-state index is -0.208. The van der Waals surface area contributed by atoms with E-state index >= 15 is 0 Å². The fourth-order valence-electron chi connectivity index (χ4n) is 4.90. The molecule has 1 aromatic carbocycles. The Kier molecular flexibility index (Phi) is 2.68. The van der Waals surface area contributed by atoms with Gasteiger partial charge >= 0.3 is 7.12 Å². The van der Waals surface area contributed by atoms with Gasteiger partial charge in [0.2, 0.25) is 0 Å². The zero-order valence-electron chi connectivity index (χ0n) is 14.7. The number of hydrogen-bond acceptors (Lipinski definition) is 2. The van der Waals surface area contributed by atoms with E-state index < -0.39 is 0 Å². The number of hydrogen-bond donors (Lipinski definition) is 0. The molecule has 4 fully saturated rings. The molecule has 0 amide bonds. The average molecular weight is 298 g/mol. The highest BCUT2D eigenvalue weighted by atomic mass is 16.7. The Morgan fingerprint density at radius 1 is 0.909 bits per heavy atom. The summed E-state index contributed by atoms with van der Waals surface area (Å²) in [6, 6.07) is 6.92. The second-order valence-electron chi connectivity index (χ2n) is 9.08. The topological polar surface area (TPSA) is 18.5 Å². The van der Waals surface area contributed by atoms with Gasteiger partial charge in [0.25, 0.3) is 0 Å². The van der Waals surface area contributed by atoms with Crippen molar-refractivity contribution >= 4 is 7.12 Å². The van der Waals surface area contributed by atoms with Crippen molar-refractivity contribution in [2.24, 2.45) is 0 Å².